The number of carbonyl (C=O) groups excluding carboxylic acids is 12. The number of aliphatic carboxylic acids is 1. The van der Waals surface area contributed by atoms with Crippen LogP contribution in [0.15, 0.2) is 127 Å². The number of likely N-dealkylation sites (tertiary alicyclic amines) is 1. The van der Waals surface area contributed by atoms with E-state index in [1.807, 2.05) is 19.1 Å². The van der Waals surface area contributed by atoms with Crippen LogP contribution < -0.4 is 86.7 Å². The van der Waals surface area contributed by atoms with Gasteiger partial charge in [-0.1, -0.05) is 149 Å². The van der Waals surface area contributed by atoms with Crippen molar-refractivity contribution in [2.45, 2.75) is 171 Å². The molecular formula is C76H103N19O15. The molecular weight excluding hydrogens is 1420 g/mol. The molecule has 0 aromatic heterocycles. The Morgan fingerprint density at radius 2 is 0.909 bits per heavy atom. The average Bonchev–Trinajstić information content (AvgIpc) is 1.32. The van der Waals surface area contributed by atoms with Crippen molar-refractivity contribution in [1.82, 2.24) is 68.7 Å². The number of hydrogen-bond acceptors (Lipinski definition) is 17. The summed E-state index contributed by atoms with van der Waals surface area (Å²) in [5.41, 5.74) is 24.9. The average molecular weight is 1520 g/mol. The zero-order chi connectivity index (χ0) is 80.4. The fourth-order valence-electron chi connectivity index (χ4n) is 12.3. The number of hydrogen-bond donors (Lipinski definition) is 20. The molecule has 0 unspecified atom stereocenters. The highest BCUT2D eigenvalue weighted by Gasteiger charge is 2.39. The van der Waals surface area contributed by atoms with Gasteiger partial charge in [0.2, 0.25) is 70.9 Å². The molecule has 5 aromatic carbocycles. The first kappa shape index (κ1) is 86.7. The van der Waals surface area contributed by atoms with Crippen molar-refractivity contribution in [3.8, 4) is 5.75 Å². The van der Waals surface area contributed by atoms with Crippen LogP contribution in [0.4, 0.5) is 0 Å². The number of nitrogens with one attached hydrogen (secondary N) is 14. The van der Waals surface area contributed by atoms with Gasteiger partial charge in [0.1, 0.15) is 60.1 Å². The number of amides is 12. The Hall–Kier alpha value is -12.2. The second-order valence-corrected chi connectivity index (χ2v) is 27.3. The molecule has 1 fully saturated rings. The lowest BCUT2D eigenvalue weighted by molar-refractivity contribution is -0.141. The Morgan fingerprint density at radius 1 is 0.473 bits per heavy atom. The number of primary amides is 1. The van der Waals surface area contributed by atoms with E-state index in [0.717, 1.165) is 10.8 Å². The Labute approximate surface area is 637 Å². The number of phenolic OH excluding ortho intramolecular Hbond substituents is 1. The highest BCUT2D eigenvalue weighted by molar-refractivity contribution is 6.00. The maximum atomic E-state index is 15.1. The van der Waals surface area contributed by atoms with Crippen LogP contribution in [0.1, 0.15) is 107 Å². The fourth-order valence-corrected chi connectivity index (χ4v) is 12.3. The molecule has 10 atom stereocenters. The van der Waals surface area contributed by atoms with E-state index in [-0.39, 0.29) is 89.6 Å². The Bertz CT molecular complexity index is 4020. The highest BCUT2D eigenvalue weighted by atomic mass is 16.4. The monoisotopic (exact) mass is 1520 g/mol. The number of carboxylic acid groups (broad SMARTS) is 1. The Kier molecular flexibility index (Phi) is 34.8. The molecule has 1 saturated heterocycles. The van der Waals surface area contributed by atoms with E-state index in [1.165, 1.54) is 17.0 Å². The van der Waals surface area contributed by atoms with E-state index in [4.69, 9.17) is 33.8 Å². The second kappa shape index (κ2) is 44.2. The van der Waals surface area contributed by atoms with E-state index in [0.29, 0.717) is 41.5 Å². The number of benzene rings is 5. The molecule has 34 nitrogen and oxygen atoms in total. The molecule has 0 bridgehead atoms. The fraction of sp³-hybridized carbons (Fsp3) is 0.434. The van der Waals surface area contributed by atoms with Gasteiger partial charge in [0.15, 0.2) is 11.9 Å². The van der Waals surface area contributed by atoms with Crippen molar-refractivity contribution in [3.05, 3.63) is 150 Å². The topological polar surface area (TPSA) is 562 Å². The summed E-state index contributed by atoms with van der Waals surface area (Å²) in [7, 11) is 0. The molecule has 6 rings (SSSR count). The number of carbonyl (C=O) groups is 13. The quantitative estimate of drug-likeness (QED) is 0.0121. The predicted octanol–water partition coefficient (Wildman–Crippen LogP) is -1.42. The van der Waals surface area contributed by atoms with Crippen molar-refractivity contribution in [3.63, 3.8) is 0 Å². The molecule has 0 aliphatic carbocycles. The third kappa shape index (κ3) is 29.2. The minimum atomic E-state index is -1.97. The molecule has 592 valence electrons. The van der Waals surface area contributed by atoms with Crippen LogP contribution in [0.3, 0.4) is 0 Å². The van der Waals surface area contributed by atoms with Gasteiger partial charge in [0.25, 0.3) is 0 Å². The van der Waals surface area contributed by atoms with Crippen LogP contribution in [-0.2, 0) is 88.0 Å². The largest absolute Gasteiger partial charge is 0.508 e. The van der Waals surface area contributed by atoms with E-state index >= 15 is 14.4 Å². The molecule has 5 aromatic rings. The van der Waals surface area contributed by atoms with E-state index < -0.39 is 175 Å². The number of nitrogens with zero attached hydrogens (tertiary/aromatic N) is 1. The molecule has 0 saturated carbocycles. The van der Waals surface area contributed by atoms with Crippen molar-refractivity contribution in [2.75, 3.05) is 32.7 Å². The SMILES string of the molecule is CCCC[C@H](NC(=O)[C@@H](NC(=O)[C@@H](N)Cc1ccc(O)cc1)C(C)C)C(=O)NCC(=O)N1CCC[C@H]1C(=O)N[C@@H](Cc1ccccc1)C(=O)N[C@@H](CCCNC(=N)N)C(=O)N[C@H](Cc1ccc2ccccc2c1)C(=O)N[C@@H](CC(=O)O)C(=O)N[C@@H](CCCNC(=N)N)C(=O)N[C@@H](Cc1ccccc1)C(=O)NCC(N)=O. The zero-order valence-corrected chi connectivity index (χ0v) is 61.9. The summed E-state index contributed by atoms with van der Waals surface area (Å²) < 4.78 is 0. The second-order valence-electron chi connectivity index (χ2n) is 27.3. The maximum Gasteiger partial charge on any atom is 0.305 e. The van der Waals surface area contributed by atoms with Gasteiger partial charge in [-0.05, 0) is 102 Å². The summed E-state index contributed by atoms with van der Waals surface area (Å²) in [5.74, 6) is -13.1. The van der Waals surface area contributed by atoms with Crippen LogP contribution >= 0.6 is 0 Å². The lowest BCUT2D eigenvalue weighted by Crippen LogP contribution is -2.61. The normalized spacial score (nSPS) is 14.8. The molecule has 1 aliphatic heterocycles. The predicted molar refractivity (Wildman–Crippen MR) is 408 cm³/mol. The number of unbranched alkanes of at least 4 members (excludes halogenated alkanes) is 1. The van der Waals surface area contributed by atoms with Gasteiger partial charge < -0.3 is 102 Å². The van der Waals surface area contributed by atoms with Crippen molar-refractivity contribution in [1.29, 1.82) is 10.8 Å². The van der Waals surface area contributed by atoms with Crippen LogP contribution in [0, 0.1) is 16.7 Å². The van der Waals surface area contributed by atoms with E-state index in [2.05, 4.69) is 63.8 Å². The minimum absolute atomic E-state index is 0.00697. The first-order valence-electron chi connectivity index (χ1n) is 36.5. The number of rotatable bonds is 44. The highest BCUT2D eigenvalue weighted by Crippen LogP contribution is 2.21. The molecule has 0 spiro atoms. The summed E-state index contributed by atoms with van der Waals surface area (Å²) in [6, 6.07) is 21.5. The van der Waals surface area contributed by atoms with Crippen LogP contribution in [0.5, 0.6) is 5.75 Å². The third-order valence-corrected chi connectivity index (χ3v) is 18.1. The maximum absolute atomic E-state index is 15.1. The molecule has 0 radical (unpaired) electrons. The molecule has 12 amide bonds. The zero-order valence-electron chi connectivity index (χ0n) is 61.9. The minimum Gasteiger partial charge on any atom is -0.508 e. The van der Waals surface area contributed by atoms with Gasteiger partial charge in [-0.3, -0.25) is 73.1 Å². The molecule has 1 aliphatic rings. The number of carboxylic acids is 1. The number of guanidine groups is 2. The number of nitrogens with two attached hydrogens (primary N) is 4. The lowest BCUT2D eigenvalue weighted by atomic mass is 9.99. The van der Waals surface area contributed by atoms with Gasteiger partial charge in [-0.15, -0.1) is 0 Å². The summed E-state index contributed by atoms with van der Waals surface area (Å²) in [5, 5.41) is 68.3. The molecule has 1 heterocycles. The molecule has 110 heavy (non-hydrogen) atoms. The van der Waals surface area contributed by atoms with E-state index in [1.54, 1.807) is 117 Å². The van der Waals surface area contributed by atoms with Gasteiger partial charge >= 0.3 is 5.97 Å². The number of fused-ring (bicyclic) bond motifs is 1. The Morgan fingerprint density at radius 3 is 1.45 bits per heavy atom. The van der Waals surface area contributed by atoms with Crippen molar-refractivity contribution in [2.24, 2.45) is 28.9 Å². The third-order valence-electron chi connectivity index (χ3n) is 18.1. The first-order valence-corrected chi connectivity index (χ1v) is 36.5. The van der Waals surface area contributed by atoms with Gasteiger partial charge in [-0.25, -0.2) is 0 Å². The van der Waals surface area contributed by atoms with Gasteiger partial charge in [0, 0.05) is 38.9 Å². The summed E-state index contributed by atoms with van der Waals surface area (Å²) in [6.45, 7) is 4.21. The van der Waals surface area contributed by atoms with E-state index in [9.17, 15) is 58.2 Å². The summed E-state index contributed by atoms with van der Waals surface area (Å²) >= 11 is 0. The number of phenols is 1. The lowest BCUT2D eigenvalue weighted by Gasteiger charge is -2.29. The van der Waals surface area contributed by atoms with Crippen LogP contribution in [0.25, 0.3) is 10.8 Å². The van der Waals surface area contributed by atoms with Crippen molar-refractivity contribution < 1.29 is 72.5 Å². The molecule has 24 N–H and O–H groups in total. The van der Waals surface area contributed by atoms with Gasteiger partial charge in [-0.2, -0.15) is 0 Å². The van der Waals surface area contributed by atoms with Gasteiger partial charge in [0.05, 0.1) is 25.6 Å². The van der Waals surface area contributed by atoms with Crippen LogP contribution in [-0.4, -0.2) is 197 Å². The number of aromatic hydroxyl groups is 1. The van der Waals surface area contributed by atoms with Crippen molar-refractivity contribution >= 4 is 99.5 Å². The first-order chi connectivity index (χ1) is 52.5. The summed E-state index contributed by atoms with van der Waals surface area (Å²) in [6.07, 6.45) is -0.0839. The molecule has 34 heteroatoms. The van der Waals surface area contributed by atoms with Crippen LogP contribution in [0.2, 0.25) is 0 Å². The standard InChI is InChI=1S/C76H103N19O15/c1-4-5-23-53(89-74(110)64(44(2)3)94-65(101)52(77)37-47-28-31-51(96)32-29-47)66(102)86-43-62(98)95-35-16-26-60(95)73(109)93-57(39-46-19-10-7-11-20-46)70(106)87-55(25-15-34-84-76(81)82)69(105)91-58(40-48-27-30-49-21-12-13-22-50(49)36-48)71(107)92-59(41-63(99)100)72(108)88-54(24-14-33-83-75(79)80)68(104)90-56(67(103)85-42-61(78)97)38-45-17-8-6-9-18-45/h6-13,17-22,27-32,36,44,52-60,64,96H,4-5,14-16,23-26,33-35,37-43,77H2,1-3H3,(H2,78,97)(H,85,103)(H,86,102)(H,87,106)(H,88,108)(H,89,110)(H,90,104)(H,91,105)(H,92,107)(H,93,109)(H,94,101)(H,99,100)(H4,79,80,83)(H4,81,82,84)/t52-,53-,54-,55-,56-,57-,58+,59-,60-,64-/m0/s1. The summed E-state index contributed by atoms with van der Waals surface area (Å²) in [4.78, 5) is 183. The Balaban J connectivity index is 1.23. The smallest absolute Gasteiger partial charge is 0.305 e.